The zero-order valence-electron chi connectivity index (χ0n) is 22.4. The number of ether oxygens (including phenoxy) is 1. The molecule has 10 nitrogen and oxygen atoms in total. The summed E-state index contributed by atoms with van der Waals surface area (Å²) in [5, 5.41) is 11.7. The molecule has 5 heterocycles. The highest BCUT2D eigenvalue weighted by Gasteiger charge is 2.23. The van der Waals surface area contributed by atoms with Gasteiger partial charge in [-0.15, -0.1) is 0 Å². The van der Waals surface area contributed by atoms with E-state index < -0.39 is 0 Å². The quantitative estimate of drug-likeness (QED) is 0.497. The summed E-state index contributed by atoms with van der Waals surface area (Å²) in [5.74, 6) is 2.31. The predicted octanol–water partition coefficient (Wildman–Crippen LogP) is 3.14. The molecule has 2 N–H and O–H groups in total. The maximum Gasteiger partial charge on any atom is 0.246 e. The first-order valence-electron chi connectivity index (χ1n) is 14.1. The van der Waals surface area contributed by atoms with Gasteiger partial charge in [-0.1, -0.05) is 19.9 Å². The molecule has 3 saturated heterocycles. The molecule has 3 aliphatic heterocycles. The molecule has 3 aliphatic rings. The summed E-state index contributed by atoms with van der Waals surface area (Å²) in [6.45, 7) is 11.4. The average molecular weight is 511 g/mol. The van der Waals surface area contributed by atoms with Crippen LogP contribution in [0.1, 0.15) is 63.9 Å². The topological polar surface area (TPSA) is 99.9 Å². The molecule has 0 radical (unpaired) electrons. The van der Waals surface area contributed by atoms with Crippen LogP contribution in [-0.4, -0.2) is 93.8 Å². The lowest BCUT2D eigenvalue weighted by Gasteiger charge is -2.31. The van der Waals surface area contributed by atoms with Gasteiger partial charge in [-0.05, 0) is 63.5 Å². The van der Waals surface area contributed by atoms with Crippen LogP contribution in [0.4, 0.5) is 11.9 Å². The Labute approximate surface area is 219 Å². The van der Waals surface area contributed by atoms with Crippen LogP contribution < -0.4 is 10.6 Å². The summed E-state index contributed by atoms with van der Waals surface area (Å²) in [7, 11) is 0. The van der Waals surface area contributed by atoms with Gasteiger partial charge in [-0.3, -0.25) is 9.69 Å². The van der Waals surface area contributed by atoms with Crippen molar-refractivity contribution in [3.05, 3.63) is 23.9 Å². The fourth-order valence-electron chi connectivity index (χ4n) is 5.47. The van der Waals surface area contributed by atoms with E-state index in [1.165, 1.54) is 12.8 Å². The number of anilines is 2. The van der Waals surface area contributed by atoms with Gasteiger partial charge in [-0.2, -0.15) is 19.6 Å². The number of piperidine rings is 1. The number of nitrogens with zero attached hydrogens (tertiary/aromatic N) is 6. The van der Waals surface area contributed by atoms with Gasteiger partial charge >= 0.3 is 0 Å². The van der Waals surface area contributed by atoms with E-state index in [-0.39, 0.29) is 5.91 Å². The maximum atomic E-state index is 12.6. The molecule has 5 rings (SSSR count). The summed E-state index contributed by atoms with van der Waals surface area (Å²) in [6.07, 6.45) is 12.1. The second-order valence-electron chi connectivity index (χ2n) is 11.0. The zero-order valence-corrected chi connectivity index (χ0v) is 22.4. The third-order valence-electron chi connectivity index (χ3n) is 7.87. The SMILES string of the molecule is CC(C)c1cnn2c(NCC3CCN(C(=O)/C=C/CN4CCCC4)CC3)nc(NC3CCOCC3)nc12. The van der Waals surface area contributed by atoms with Crippen LogP contribution in [0.2, 0.25) is 0 Å². The number of amides is 1. The lowest BCUT2D eigenvalue weighted by molar-refractivity contribution is -0.127. The molecule has 3 fully saturated rings. The molecule has 0 spiro atoms. The van der Waals surface area contributed by atoms with Crippen LogP contribution in [0.5, 0.6) is 0 Å². The zero-order chi connectivity index (χ0) is 25.6. The number of carbonyl (C=O) groups excluding carboxylic acids is 1. The Balaban J connectivity index is 1.18. The van der Waals surface area contributed by atoms with Gasteiger partial charge < -0.3 is 20.3 Å². The van der Waals surface area contributed by atoms with Gasteiger partial charge in [0.05, 0.1) is 6.20 Å². The number of likely N-dealkylation sites (tertiary alicyclic amines) is 2. The van der Waals surface area contributed by atoms with E-state index in [1.54, 1.807) is 6.08 Å². The molecule has 0 atom stereocenters. The van der Waals surface area contributed by atoms with Crippen LogP contribution in [-0.2, 0) is 9.53 Å². The van der Waals surface area contributed by atoms with Crippen molar-refractivity contribution >= 4 is 23.5 Å². The van der Waals surface area contributed by atoms with Gasteiger partial charge in [0.1, 0.15) is 0 Å². The van der Waals surface area contributed by atoms with Crippen LogP contribution in [0, 0.1) is 5.92 Å². The molecule has 2 aromatic heterocycles. The number of fused-ring (bicyclic) bond motifs is 1. The van der Waals surface area contributed by atoms with Gasteiger partial charge in [0.15, 0.2) is 5.65 Å². The van der Waals surface area contributed by atoms with Gasteiger partial charge in [0.2, 0.25) is 17.8 Å². The second-order valence-corrected chi connectivity index (χ2v) is 11.0. The number of hydrogen-bond donors (Lipinski definition) is 2. The van der Waals surface area contributed by atoms with Crippen molar-refractivity contribution in [1.82, 2.24) is 29.4 Å². The average Bonchev–Trinajstić information content (AvgIpc) is 3.58. The number of rotatable bonds is 9. The van der Waals surface area contributed by atoms with E-state index in [4.69, 9.17) is 14.7 Å². The highest BCUT2D eigenvalue weighted by atomic mass is 16.5. The molecule has 2 aromatic rings. The number of carbonyl (C=O) groups is 1. The van der Waals surface area contributed by atoms with Crippen LogP contribution in [0.15, 0.2) is 18.3 Å². The molecular weight excluding hydrogens is 468 g/mol. The van der Waals surface area contributed by atoms with Crippen molar-refractivity contribution in [2.45, 2.75) is 64.3 Å². The molecule has 0 aromatic carbocycles. The van der Waals surface area contributed by atoms with Crippen molar-refractivity contribution in [2.24, 2.45) is 5.92 Å². The van der Waals surface area contributed by atoms with Crippen molar-refractivity contribution in [2.75, 3.05) is 63.1 Å². The molecule has 10 heteroatoms. The van der Waals surface area contributed by atoms with Crippen LogP contribution in [0.25, 0.3) is 5.65 Å². The summed E-state index contributed by atoms with van der Waals surface area (Å²) < 4.78 is 7.33. The normalized spacial score (nSPS) is 20.5. The minimum absolute atomic E-state index is 0.143. The molecular formula is C27H42N8O2. The van der Waals surface area contributed by atoms with Crippen LogP contribution in [0.3, 0.4) is 0 Å². The fraction of sp³-hybridized carbons (Fsp3) is 0.704. The van der Waals surface area contributed by atoms with Crippen LogP contribution >= 0.6 is 0 Å². The first-order valence-corrected chi connectivity index (χ1v) is 14.1. The van der Waals surface area contributed by atoms with Crippen molar-refractivity contribution in [3.8, 4) is 0 Å². The number of hydrogen-bond acceptors (Lipinski definition) is 8. The Morgan fingerprint density at radius 3 is 2.59 bits per heavy atom. The Kier molecular flexibility index (Phi) is 8.55. The Morgan fingerprint density at radius 1 is 1.11 bits per heavy atom. The van der Waals surface area contributed by atoms with Crippen molar-refractivity contribution < 1.29 is 9.53 Å². The van der Waals surface area contributed by atoms with Crippen molar-refractivity contribution in [1.29, 1.82) is 0 Å². The minimum atomic E-state index is 0.143. The molecule has 37 heavy (non-hydrogen) atoms. The summed E-state index contributed by atoms with van der Waals surface area (Å²) in [6, 6.07) is 0.320. The Hall–Kier alpha value is -2.72. The lowest BCUT2D eigenvalue weighted by Crippen LogP contribution is -2.39. The lowest BCUT2D eigenvalue weighted by atomic mass is 9.97. The van der Waals surface area contributed by atoms with E-state index in [2.05, 4.69) is 34.5 Å². The summed E-state index contributed by atoms with van der Waals surface area (Å²) >= 11 is 0. The fourth-order valence-corrected chi connectivity index (χ4v) is 5.47. The number of nitrogens with one attached hydrogen (secondary N) is 2. The monoisotopic (exact) mass is 510 g/mol. The number of aromatic nitrogens is 4. The van der Waals surface area contributed by atoms with E-state index in [0.29, 0.717) is 23.8 Å². The standard InChI is InChI=1S/C27H42N8O2/c1-20(2)23-19-29-35-25(23)31-26(30-22-9-16-37-17-10-22)32-27(35)28-18-21-7-14-34(15-8-21)24(36)6-5-13-33-11-3-4-12-33/h5-6,19-22H,3-4,7-18H2,1-2H3,(H2,28,30,31,32)/b6-5+. The van der Waals surface area contributed by atoms with E-state index in [9.17, 15) is 4.79 Å². The van der Waals surface area contributed by atoms with Gasteiger partial charge in [0, 0.05) is 57.1 Å². The summed E-state index contributed by atoms with van der Waals surface area (Å²) in [5.41, 5.74) is 1.97. The molecule has 0 bridgehead atoms. The first-order chi connectivity index (χ1) is 18.1. The third kappa shape index (κ3) is 6.59. The largest absolute Gasteiger partial charge is 0.381 e. The minimum Gasteiger partial charge on any atom is -0.381 e. The molecule has 1 amide bonds. The first kappa shape index (κ1) is 25.9. The van der Waals surface area contributed by atoms with Gasteiger partial charge in [0.25, 0.3) is 0 Å². The highest BCUT2D eigenvalue weighted by molar-refractivity contribution is 5.87. The van der Waals surface area contributed by atoms with E-state index >= 15 is 0 Å². The van der Waals surface area contributed by atoms with E-state index in [0.717, 1.165) is 95.3 Å². The van der Waals surface area contributed by atoms with Gasteiger partial charge in [-0.25, -0.2) is 0 Å². The molecule has 0 aliphatic carbocycles. The molecule has 202 valence electrons. The Bertz CT molecular complexity index is 1060. The molecule has 0 unspecified atom stereocenters. The second kappa shape index (κ2) is 12.2. The maximum absolute atomic E-state index is 12.6. The Morgan fingerprint density at radius 2 is 1.86 bits per heavy atom. The van der Waals surface area contributed by atoms with E-state index in [1.807, 2.05) is 21.7 Å². The summed E-state index contributed by atoms with van der Waals surface area (Å²) in [4.78, 5) is 26.7. The third-order valence-corrected chi connectivity index (χ3v) is 7.87. The smallest absolute Gasteiger partial charge is 0.246 e. The van der Waals surface area contributed by atoms with Crippen molar-refractivity contribution in [3.63, 3.8) is 0 Å². The highest BCUT2D eigenvalue weighted by Crippen LogP contribution is 2.24. The molecule has 0 saturated carbocycles. The predicted molar refractivity (Wildman–Crippen MR) is 145 cm³/mol.